The predicted molar refractivity (Wildman–Crippen MR) is 63.7 cm³/mol. The van der Waals surface area contributed by atoms with Crippen molar-refractivity contribution in [3.8, 4) is 0 Å². The molecule has 0 bridgehead atoms. The van der Waals surface area contributed by atoms with Gasteiger partial charge in [-0.25, -0.2) is 9.59 Å². The largest absolute Gasteiger partial charge is 0.480 e. The van der Waals surface area contributed by atoms with Gasteiger partial charge in [-0.1, -0.05) is 6.92 Å². The first-order valence-corrected chi connectivity index (χ1v) is 5.91. The lowest BCUT2D eigenvalue weighted by atomic mass is 10.0. The lowest BCUT2D eigenvalue weighted by Gasteiger charge is -2.25. The summed E-state index contributed by atoms with van der Waals surface area (Å²) >= 11 is 0. The molecule has 1 saturated heterocycles. The van der Waals surface area contributed by atoms with Crippen molar-refractivity contribution in [3.63, 3.8) is 0 Å². The van der Waals surface area contributed by atoms with Crippen LogP contribution in [-0.4, -0.2) is 46.5 Å². The molecule has 0 aromatic rings. The Kier molecular flexibility index (Phi) is 4.52. The summed E-state index contributed by atoms with van der Waals surface area (Å²) in [5.74, 6) is -1.58. The molecule has 1 rings (SSSR count). The van der Waals surface area contributed by atoms with E-state index in [9.17, 15) is 14.4 Å². The Morgan fingerprint density at radius 1 is 1.50 bits per heavy atom. The van der Waals surface area contributed by atoms with Crippen LogP contribution in [0.3, 0.4) is 0 Å². The normalized spacial score (nSPS) is 24.7. The van der Waals surface area contributed by atoms with Crippen molar-refractivity contribution in [1.82, 2.24) is 10.2 Å². The molecule has 1 aliphatic rings. The van der Waals surface area contributed by atoms with Crippen molar-refractivity contribution >= 4 is 17.9 Å². The number of primary amides is 1. The lowest BCUT2D eigenvalue weighted by Crippen LogP contribution is -2.50. The third kappa shape index (κ3) is 3.35. The average Bonchev–Trinajstić information content (AvgIpc) is 2.58. The van der Waals surface area contributed by atoms with Gasteiger partial charge >= 0.3 is 12.0 Å². The van der Waals surface area contributed by atoms with Crippen molar-refractivity contribution in [1.29, 1.82) is 0 Å². The van der Waals surface area contributed by atoms with Crippen LogP contribution in [0.15, 0.2) is 0 Å². The second kappa shape index (κ2) is 5.70. The highest BCUT2D eigenvalue weighted by atomic mass is 16.4. The number of rotatable bonds is 4. The second-order valence-electron chi connectivity index (χ2n) is 4.76. The molecule has 0 aromatic heterocycles. The van der Waals surface area contributed by atoms with E-state index in [1.165, 1.54) is 4.90 Å². The number of urea groups is 1. The van der Waals surface area contributed by atoms with Gasteiger partial charge in [0.25, 0.3) is 0 Å². The summed E-state index contributed by atoms with van der Waals surface area (Å²) in [5.41, 5.74) is 5.02. The van der Waals surface area contributed by atoms with Gasteiger partial charge in [-0.15, -0.1) is 0 Å². The molecule has 102 valence electrons. The summed E-state index contributed by atoms with van der Waals surface area (Å²) < 4.78 is 0. The van der Waals surface area contributed by atoms with Gasteiger partial charge in [0.05, 0.1) is 0 Å². The number of carbonyl (C=O) groups excluding carboxylic acids is 2. The van der Waals surface area contributed by atoms with Crippen LogP contribution in [0.25, 0.3) is 0 Å². The monoisotopic (exact) mass is 257 g/mol. The lowest BCUT2D eigenvalue weighted by molar-refractivity contribution is -0.142. The summed E-state index contributed by atoms with van der Waals surface area (Å²) in [6.07, 6.45) is 0.696. The first kappa shape index (κ1) is 14.3. The molecule has 18 heavy (non-hydrogen) atoms. The number of nitrogens with one attached hydrogen (secondary N) is 1. The molecule has 4 N–H and O–H groups in total. The Balaban J connectivity index is 2.61. The maximum absolute atomic E-state index is 11.9. The van der Waals surface area contributed by atoms with Crippen LogP contribution in [0.4, 0.5) is 4.79 Å². The minimum atomic E-state index is -1.00. The molecule has 1 aliphatic heterocycles. The Hall–Kier alpha value is -1.79. The Morgan fingerprint density at radius 2 is 2.11 bits per heavy atom. The highest BCUT2D eigenvalue weighted by molar-refractivity contribution is 5.84. The fourth-order valence-electron chi connectivity index (χ4n) is 2.20. The van der Waals surface area contributed by atoms with E-state index in [1.54, 1.807) is 13.8 Å². The van der Waals surface area contributed by atoms with E-state index in [-0.39, 0.29) is 12.3 Å². The van der Waals surface area contributed by atoms with Gasteiger partial charge in [0.1, 0.15) is 6.04 Å². The van der Waals surface area contributed by atoms with Crippen LogP contribution in [0, 0.1) is 5.92 Å². The van der Waals surface area contributed by atoms with E-state index in [4.69, 9.17) is 10.8 Å². The fourth-order valence-corrected chi connectivity index (χ4v) is 2.20. The fraction of sp³-hybridized carbons (Fsp3) is 0.727. The second-order valence-corrected chi connectivity index (χ2v) is 4.76. The van der Waals surface area contributed by atoms with Gasteiger partial charge in [0.15, 0.2) is 0 Å². The summed E-state index contributed by atoms with van der Waals surface area (Å²) in [7, 11) is 0. The van der Waals surface area contributed by atoms with Gasteiger partial charge in [-0.3, -0.25) is 4.79 Å². The third-order valence-corrected chi connectivity index (χ3v) is 3.09. The van der Waals surface area contributed by atoms with Crippen LogP contribution < -0.4 is 11.1 Å². The van der Waals surface area contributed by atoms with Gasteiger partial charge in [-0.2, -0.15) is 0 Å². The molecule has 3 unspecified atom stereocenters. The maximum Gasteiger partial charge on any atom is 0.326 e. The Labute approximate surface area is 105 Å². The number of carboxylic acids is 1. The maximum atomic E-state index is 11.9. The standard InChI is InChI=1S/C11H19N3O4/c1-6-3-4-14(9(6)10(16)17)11(18)13-7(2)5-8(12)15/h6-7,9H,3-5H2,1-2H3,(H2,12,15)(H,13,18)(H,16,17). The molecular formula is C11H19N3O4. The zero-order valence-electron chi connectivity index (χ0n) is 10.5. The summed E-state index contributed by atoms with van der Waals surface area (Å²) in [6.45, 7) is 3.87. The highest BCUT2D eigenvalue weighted by Crippen LogP contribution is 2.24. The van der Waals surface area contributed by atoms with E-state index < -0.39 is 30.0 Å². The smallest absolute Gasteiger partial charge is 0.326 e. The van der Waals surface area contributed by atoms with Crippen LogP contribution in [0.1, 0.15) is 26.7 Å². The molecule has 0 aromatic carbocycles. The van der Waals surface area contributed by atoms with Crippen molar-refractivity contribution in [3.05, 3.63) is 0 Å². The first-order valence-electron chi connectivity index (χ1n) is 5.91. The minimum absolute atomic E-state index is 0.0346. The zero-order chi connectivity index (χ0) is 13.9. The molecule has 0 spiro atoms. The molecule has 7 heteroatoms. The number of carbonyl (C=O) groups is 3. The van der Waals surface area contributed by atoms with Crippen molar-refractivity contribution in [2.24, 2.45) is 11.7 Å². The van der Waals surface area contributed by atoms with E-state index in [0.29, 0.717) is 13.0 Å². The van der Waals surface area contributed by atoms with Gasteiger partial charge in [-0.05, 0) is 19.3 Å². The number of hydrogen-bond donors (Lipinski definition) is 3. The number of nitrogens with two attached hydrogens (primary N) is 1. The number of nitrogens with zero attached hydrogens (tertiary/aromatic N) is 1. The molecule has 3 amide bonds. The number of likely N-dealkylation sites (tertiary alicyclic amines) is 1. The van der Waals surface area contributed by atoms with E-state index in [2.05, 4.69) is 5.32 Å². The summed E-state index contributed by atoms with van der Waals surface area (Å²) in [6, 6.07) is -1.66. The summed E-state index contributed by atoms with van der Waals surface area (Å²) in [5, 5.41) is 11.7. The zero-order valence-corrected chi connectivity index (χ0v) is 10.5. The van der Waals surface area contributed by atoms with E-state index >= 15 is 0 Å². The third-order valence-electron chi connectivity index (χ3n) is 3.09. The molecule has 0 saturated carbocycles. The molecular weight excluding hydrogens is 238 g/mol. The van der Waals surface area contributed by atoms with Crippen LogP contribution in [0.2, 0.25) is 0 Å². The van der Waals surface area contributed by atoms with Gasteiger partial charge in [0.2, 0.25) is 5.91 Å². The van der Waals surface area contributed by atoms with Crippen LogP contribution in [-0.2, 0) is 9.59 Å². The Morgan fingerprint density at radius 3 is 2.61 bits per heavy atom. The van der Waals surface area contributed by atoms with Crippen molar-refractivity contribution in [2.75, 3.05) is 6.54 Å². The molecule has 1 heterocycles. The highest BCUT2D eigenvalue weighted by Gasteiger charge is 2.39. The Bertz CT molecular complexity index is 358. The topological polar surface area (TPSA) is 113 Å². The quantitative estimate of drug-likeness (QED) is 0.644. The number of hydrogen-bond acceptors (Lipinski definition) is 3. The molecule has 0 aliphatic carbocycles. The molecule has 1 fully saturated rings. The average molecular weight is 257 g/mol. The van der Waals surface area contributed by atoms with Gasteiger partial charge in [0, 0.05) is 19.0 Å². The molecule has 7 nitrogen and oxygen atoms in total. The van der Waals surface area contributed by atoms with E-state index in [1.807, 2.05) is 0 Å². The summed E-state index contributed by atoms with van der Waals surface area (Å²) in [4.78, 5) is 35.0. The van der Waals surface area contributed by atoms with Crippen molar-refractivity contribution < 1.29 is 19.5 Å². The predicted octanol–water partition coefficient (Wildman–Crippen LogP) is -0.245. The number of carboxylic acid groups (broad SMARTS) is 1. The number of aliphatic carboxylic acids is 1. The number of amides is 3. The van der Waals surface area contributed by atoms with Crippen LogP contribution in [0.5, 0.6) is 0 Å². The van der Waals surface area contributed by atoms with E-state index in [0.717, 1.165) is 0 Å². The van der Waals surface area contributed by atoms with Crippen LogP contribution >= 0.6 is 0 Å². The first-order chi connectivity index (χ1) is 8.32. The van der Waals surface area contributed by atoms with Crippen molar-refractivity contribution in [2.45, 2.75) is 38.8 Å². The SMILES string of the molecule is CC(CC(N)=O)NC(=O)N1CCC(C)C1C(=O)O. The van der Waals surface area contributed by atoms with Gasteiger partial charge < -0.3 is 21.1 Å². The molecule has 3 atom stereocenters. The minimum Gasteiger partial charge on any atom is -0.480 e. The molecule has 0 radical (unpaired) electrons.